The van der Waals surface area contributed by atoms with Gasteiger partial charge in [0.05, 0.1) is 5.56 Å². The highest BCUT2D eigenvalue weighted by atomic mass is 19.4. The summed E-state index contributed by atoms with van der Waals surface area (Å²) in [5, 5.41) is 0. The van der Waals surface area contributed by atoms with Crippen molar-refractivity contribution in [1.29, 1.82) is 0 Å². The SMILES string of the molecule is CC(CC(Cc1ccc(C(F)(F)F)cc1)NN)C(C)(C)C. The number of hydrazine groups is 1. The summed E-state index contributed by atoms with van der Waals surface area (Å²) in [6.07, 6.45) is -2.79. The van der Waals surface area contributed by atoms with E-state index in [0.29, 0.717) is 12.3 Å². The molecule has 0 fully saturated rings. The first kappa shape index (κ1) is 18.0. The first-order valence-electron chi connectivity index (χ1n) is 7.16. The number of nitrogens with one attached hydrogen (secondary N) is 1. The van der Waals surface area contributed by atoms with Crippen LogP contribution in [-0.2, 0) is 12.6 Å². The van der Waals surface area contributed by atoms with Crippen molar-refractivity contribution >= 4 is 0 Å². The summed E-state index contributed by atoms with van der Waals surface area (Å²) >= 11 is 0. The van der Waals surface area contributed by atoms with E-state index in [4.69, 9.17) is 5.84 Å². The van der Waals surface area contributed by atoms with E-state index < -0.39 is 11.7 Å². The normalized spacial score (nSPS) is 15.8. The molecule has 2 atom stereocenters. The third-order valence-corrected chi connectivity index (χ3v) is 4.12. The summed E-state index contributed by atoms with van der Waals surface area (Å²) < 4.78 is 37.6. The van der Waals surface area contributed by atoms with Gasteiger partial charge in [0.25, 0.3) is 0 Å². The van der Waals surface area contributed by atoms with E-state index in [-0.39, 0.29) is 11.5 Å². The maximum atomic E-state index is 12.5. The fourth-order valence-electron chi connectivity index (χ4n) is 2.10. The van der Waals surface area contributed by atoms with Gasteiger partial charge in [-0.3, -0.25) is 11.3 Å². The van der Waals surface area contributed by atoms with Crippen molar-refractivity contribution in [2.45, 2.75) is 52.8 Å². The third-order valence-electron chi connectivity index (χ3n) is 4.12. The van der Waals surface area contributed by atoms with Crippen LogP contribution in [0.25, 0.3) is 0 Å². The van der Waals surface area contributed by atoms with E-state index in [1.54, 1.807) is 0 Å². The van der Waals surface area contributed by atoms with Gasteiger partial charge in [0, 0.05) is 6.04 Å². The Morgan fingerprint density at radius 1 is 1.10 bits per heavy atom. The number of halogens is 3. The lowest BCUT2D eigenvalue weighted by Crippen LogP contribution is -2.39. The van der Waals surface area contributed by atoms with Crippen molar-refractivity contribution < 1.29 is 13.2 Å². The molecule has 1 aromatic rings. The van der Waals surface area contributed by atoms with Crippen molar-refractivity contribution in [3.63, 3.8) is 0 Å². The molecule has 0 heterocycles. The van der Waals surface area contributed by atoms with Crippen LogP contribution >= 0.6 is 0 Å². The number of alkyl halides is 3. The first-order chi connectivity index (χ1) is 9.54. The molecular formula is C16H25F3N2. The van der Waals surface area contributed by atoms with Crippen LogP contribution in [0.5, 0.6) is 0 Å². The zero-order chi connectivity index (χ0) is 16.3. The zero-order valence-electron chi connectivity index (χ0n) is 13.1. The van der Waals surface area contributed by atoms with Crippen molar-refractivity contribution in [3.8, 4) is 0 Å². The molecule has 2 nitrogen and oxygen atoms in total. The van der Waals surface area contributed by atoms with E-state index in [2.05, 4.69) is 33.1 Å². The minimum absolute atomic E-state index is 0.0518. The lowest BCUT2D eigenvalue weighted by molar-refractivity contribution is -0.137. The monoisotopic (exact) mass is 302 g/mol. The molecule has 0 spiro atoms. The van der Waals surface area contributed by atoms with Crippen LogP contribution in [0.2, 0.25) is 0 Å². The molecule has 0 saturated carbocycles. The predicted octanol–water partition coefficient (Wildman–Crippen LogP) is 4.15. The molecule has 1 rings (SSSR count). The van der Waals surface area contributed by atoms with Gasteiger partial charge < -0.3 is 0 Å². The van der Waals surface area contributed by atoms with Gasteiger partial charge in [0.2, 0.25) is 0 Å². The van der Waals surface area contributed by atoms with Gasteiger partial charge in [-0.2, -0.15) is 13.2 Å². The summed E-state index contributed by atoms with van der Waals surface area (Å²) in [7, 11) is 0. The number of nitrogens with two attached hydrogens (primary N) is 1. The van der Waals surface area contributed by atoms with E-state index in [1.165, 1.54) is 12.1 Å². The summed E-state index contributed by atoms with van der Waals surface area (Å²) in [5.41, 5.74) is 3.19. The van der Waals surface area contributed by atoms with Gasteiger partial charge in [-0.1, -0.05) is 39.8 Å². The Kier molecular flexibility index (Phi) is 5.82. The Hall–Kier alpha value is -1.07. The van der Waals surface area contributed by atoms with Crippen molar-refractivity contribution in [2.75, 3.05) is 0 Å². The van der Waals surface area contributed by atoms with Crippen LogP contribution in [0.4, 0.5) is 13.2 Å². The summed E-state index contributed by atoms with van der Waals surface area (Å²) in [6.45, 7) is 8.67. The minimum atomic E-state index is -4.29. The van der Waals surface area contributed by atoms with Gasteiger partial charge in [-0.15, -0.1) is 0 Å². The maximum Gasteiger partial charge on any atom is 0.416 e. The molecule has 0 aliphatic heterocycles. The average Bonchev–Trinajstić information content (AvgIpc) is 2.36. The van der Waals surface area contributed by atoms with Crippen molar-refractivity contribution in [2.24, 2.45) is 17.2 Å². The van der Waals surface area contributed by atoms with Crippen molar-refractivity contribution in [3.05, 3.63) is 35.4 Å². The molecule has 1 aromatic carbocycles. The Morgan fingerprint density at radius 3 is 2.00 bits per heavy atom. The second kappa shape index (κ2) is 6.79. The van der Waals surface area contributed by atoms with Crippen LogP contribution < -0.4 is 11.3 Å². The Labute approximate surface area is 124 Å². The number of rotatable bonds is 5. The molecule has 2 unspecified atom stereocenters. The topological polar surface area (TPSA) is 38.0 Å². The highest BCUT2D eigenvalue weighted by Crippen LogP contribution is 2.31. The molecule has 21 heavy (non-hydrogen) atoms. The van der Waals surface area contributed by atoms with Gasteiger partial charge >= 0.3 is 6.18 Å². The van der Waals surface area contributed by atoms with E-state index in [0.717, 1.165) is 24.1 Å². The molecular weight excluding hydrogens is 277 g/mol. The number of hydrogen-bond acceptors (Lipinski definition) is 2. The van der Waals surface area contributed by atoms with E-state index >= 15 is 0 Å². The summed E-state index contributed by atoms with van der Waals surface area (Å²) in [6, 6.07) is 5.34. The number of hydrogen-bond donors (Lipinski definition) is 2. The van der Waals surface area contributed by atoms with Gasteiger partial charge in [-0.05, 0) is 41.9 Å². The standard InChI is InChI=1S/C16H25F3N2/c1-11(15(2,3)4)9-14(21-20)10-12-5-7-13(8-6-12)16(17,18)19/h5-8,11,14,21H,9-10,20H2,1-4H3. The minimum Gasteiger partial charge on any atom is -0.271 e. The second-order valence-electron chi connectivity index (χ2n) is 6.77. The molecule has 0 aliphatic carbocycles. The van der Waals surface area contributed by atoms with Crippen molar-refractivity contribution in [1.82, 2.24) is 5.43 Å². The molecule has 120 valence electrons. The van der Waals surface area contributed by atoms with E-state index in [9.17, 15) is 13.2 Å². The first-order valence-corrected chi connectivity index (χ1v) is 7.16. The second-order valence-corrected chi connectivity index (χ2v) is 6.77. The van der Waals surface area contributed by atoms with Gasteiger partial charge in [0.15, 0.2) is 0 Å². The summed E-state index contributed by atoms with van der Waals surface area (Å²) in [5.74, 6) is 6.03. The molecule has 0 saturated heterocycles. The average molecular weight is 302 g/mol. The fraction of sp³-hybridized carbons (Fsp3) is 0.625. The molecule has 0 amide bonds. The third kappa shape index (κ3) is 5.67. The van der Waals surface area contributed by atoms with Crippen LogP contribution in [0.15, 0.2) is 24.3 Å². The lowest BCUT2D eigenvalue weighted by Gasteiger charge is -2.30. The van der Waals surface area contributed by atoms with Gasteiger partial charge in [-0.25, -0.2) is 0 Å². The van der Waals surface area contributed by atoms with Gasteiger partial charge in [0.1, 0.15) is 0 Å². The predicted molar refractivity (Wildman–Crippen MR) is 79.5 cm³/mol. The van der Waals surface area contributed by atoms with Crippen LogP contribution in [0.3, 0.4) is 0 Å². The summed E-state index contributed by atoms with van der Waals surface area (Å²) in [4.78, 5) is 0. The van der Waals surface area contributed by atoms with Crippen LogP contribution in [0, 0.1) is 11.3 Å². The largest absolute Gasteiger partial charge is 0.416 e. The Balaban J connectivity index is 2.70. The molecule has 0 aromatic heterocycles. The Bertz CT molecular complexity index is 432. The highest BCUT2D eigenvalue weighted by molar-refractivity contribution is 5.25. The van der Waals surface area contributed by atoms with E-state index in [1.807, 2.05) is 0 Å². The van der Waals surface area contributed by atoms with Crippen LogP contribution in [0.1, 0.15) is 45.2 Å². The molecule has 0 aliphatic rings. The maximum absolute atomic E-state index is 12.5. The quantitative estimate of drug-likeness (QED) is 0.633. The zero-order valence-corrected chi connectivity index (χ0v) is 13.1. The smallest absolute Gasteiger partial charge is 0.271 e. The molecule has 3 N–H and O–H groups in total. The Morgan fingerprint density at radius 2 is 1.62 bits per heavy atom. The van der Waals surface area contributed by atoms with Crippen LogP contribution in [-0.4, -0.2) is 6.04 Å². The molecule has 0 bridgehead atoms. The fourth-order valence-corrected chi connectivity index (χ4v) is 2.10. The number of benzene rings is 1. The lowest BCUT2D eigenvalue weighted by atomic mass is 9.78. The highest BCUT2D eigenvalue weighted by Gasteiger charge is 2.30. The molecule has 5 heteroatoms. The molecule has 0 radical (unpaired) electrons.